The molecule has 0 aliphatic carbocycles. The lowest BCUT2D eigenvalue weighted by Gasteiger charge is -2.07. The maximum Gasteiger partial charge on any atom is 0.350 e. The third kappa shape index (κ3) is 3.52. The Kier molecular flexibility index (Phi) is 4.94. The number of hydrogen-bond acceptors (Lipinski definition) is 5. The summed E-state index contributed by atoms with van der Waals surface area (Å²) in [5.41, 5.74) is 1.59. The van der Waals surface area contributed by atoms with Crippen LogP contribution in [0.4, 0.5) is 5.82 Å². The van der Waals surface area contributed by atoms with Gasteiger partial charge in [-0.05, 0) is 26.0 Å². The van der Waals surface area contributed by atoms with E-state index in [1.807, 2.05) is 49.4 Å². The SMILES string of the molecule is CCOC(=O)/C(C#N)=C\Nc1cc(C)nn1-c1ccccc1. The van der Waals surface area contributed by atoms with Crippen molar-refractivity contribution in [1.82, 2.24) is 9.78 Å². The molecule has 0 bridgehead atoms. The lowest BCUT2D eigenvalue weighted by atomic mass is 10.3. The summed E-state index contributed by atoms with van der Waals surface area (Å²) in [7, 11) is 0. The van der Waals surface area contributed by atoms with Gasteiger partial charge in [-0.25, -0.2) is 9.48 Å². The average Bonchev–Trinajstić information content (AvgIpc) is 2.90. The molecule has 0 saturated carbocycles. The number of nitrogens with one attached hydrogen (secondary N) is 1. The zero-order valence-corrected chi connectivity index (χ0v) is 12.4. The summed E-state index contributed by atoms with van der Waals surface area (Å²) in [6, 6.07) is 13.2. The van der Waals surface area contributed by atoms with E-state index in [2.05, 4.69) is 10.4 Å². The van der Waals surface area contributed by atoms with Crippen LogP contribution in [0.25, 0.3) is 5.69 Å². The van der Waals surface area contributed by atoms with Gasteiger partial charge in [-0.2, -0.15) is 10.4 Å². The van der Waals surface area contributed by atoms with Gasteiger partial charge in [0, 0.05) is 12.3 Å². The summed E-state index contributed by atoms with van der Waals surface area (Å²) in [6.07, 6.45) is 1.33. The summed E-state index contributed by atoms with van der Waals surface area (Å²) >= 11 is 0. The van der Waals surface area contributed by atoms with Crippen LogP contribution in [0, 0.1) is 18.3 Å². The van der Waals surface area contributed by atoms with Crippen molar-refractivity contribution < 1.29 is 9.53 Å². The van der Waals surface area contributed by atoms with Crippen molar-refractivity contribution in [1.29, 1.82) is 5.26 Å². The molecule has 2 aromatic rings. The maximum atomic E-state index is 11.6. The lowest BCUT2D eigenvalue weighted by Crippen LogP contribution is -2.09. The number of anilines is 1. The second-order valence-corrected chi connectivity index (χ2v) is 4.45. The number of esters is 1. The fourth-order valence-electron chi connectivity index (χ4n) is 1.86. The zero-order valence-electron chi connectivity index (χ0n) is 12.4. The number of aromatic nitrogens is 2. The molecule has 0 spiro atoms. The van der Waals surface area contributed by atoms with Gasteiger partial charge in [0.1, 0.15) is 11.9 Å². The van der Waals surface area contributed by atoms with Crippen LogP contribution in [0.3, 0.4) is 0 Å². The van der Waals surface area contributed by atoms with Crippen molar-refractivity contribution in [3.8, 4) is 11.8 Å². The highest BCUT2D eigenvalue weighted by Crippen LogP contribution is 2.17. The molecule has 0 radical (unpaired) electrons. The molecule has 6 heteroatoms. The number of ether oxygens (including phenoxy) is 1. The van der Waals surface area contributed by atoms with Crippen molar-refractivity contribution in [2.75, 3.05) is 11.9 Å². The topological polar surface area (TPSA) is 79.9 Å². The number of carbonyl (C=O) groups excluding carboxylic acids is 1. The summed E-state index contributed by atoms with van der Waals surface area (Å²) in [5.74, 6) is 0.000692. The largest absolute Gasteiger partial charge is 0.462 e. The van der Waals surface area contributed by atoms with Gasteiger partial charge in [-0.3, -0.25) is 0 Å². The van der Waals surface area contributed by atoms with E-state index >= 15 is 0 Å². The molecule has 0 atom stereocenters. The van der Waals surface area contributed by atoms with Gasteiger partial charge in [0.25, 0.3) is 0 Å². The lowest BCUT2D eigenvalue weighted by molar-refractivity contribution is -0.138. The van der Waals surface area contributed by atoms with Gasteiger partial charge < -0.3 is 10.1 Å². The quantitative estimate of drug-likeness (QED) is 0.521. The summed E-state index contributed by atoms with van der Waals surface area (Å²) in [6.45, 7) is 3.78. The van der Waals surface area contributed by atoms with E-state index in [4.69, 9.17) is 10.00 Å². The Hall–Kier alpha value is -3.07. The van der Waals surface area contributed by atoms with Crippen LogP contribution in [-0.4, -0.2) is 22.4 Å². The summed E-state index contributed by atoms with van der Waals surface area (Å²) in [4.78, 5) is 11.6. The Morgan fingerprint density at radius 1 is 1.45 bits per heavy atom. The zero-order chi connectivity index (χ0) is 15.9. The standard InChI is InChI=1S/C16H16N4O2/c1-3-22-16(21)13(10-17)11-18-15-9-12(2)19-20(15)14-7-5-4-6-8-14/h4-9,11,18H,3H2,1-2H3/b13-11-. The van der Waals surface area contributed by atoms with Gasteiger partial charge in [0.05, 0.1) is 18.0 Å². The van der Waals surface area contributed by atoms with Crippen LogP contribution in [0.2, 0.25) is 0 Å². The van der Waals surface area contributed by atoms with Gasteiger partial charge in [0.15, 0.2) is 5.57 Å². The number of hydrogen-bond donors (Lipinski definition) is 1. The minimum Gasteiger partial charge on any atom is -0.462 e. The Morgan fingerprint density at radius 2 is 2.18 bits per heavy atom. The van der Waals surface area contributed by atoms with E-state index < -0.39 is 5.97 Å². The van der Waals surface area contributed by atoms with Crippen LogP contribution >= 0.6 is 0 Å². The first kappa shape index (κ1) is 15.3. The molecular weight excluding hydrogens is 280 g/mol. The Labute approximate surface area is 128 Å². The predicted octanol–water partition coefficient (Wildman–Crippen LogP) is 2.56. The average molecular weight is 296 g/mol. The first-order valence-corrected chi connectivity index (χ1v) is 6.81. The minimum absolute atomic E-state index is 0.0969. The number of carbonyl (C=O) groups is 1. The molecule has 22 heavy (non-hydrogen) atoms. The Balaban J connectivity index is 2.27. The number of para-hydroxylation sites is 1. The van der Waals surface area contributed by atoms with Crippen LogP contribution in [0.1, 0.15) is 12.6 Å². The number of nitrogens with zero attached hydrogens (tertiary/aromatic N) is 3. The fourth-order valence-corrected chi connectivity index (χ4v) is 1.86. The first-order chi connectivity index (χ1) is 10.7. The van der Waals surface area contributed by atoms with E-state index in [0.717, 1.165) is 11.4 Å². The van der Waals surface area contributed by atoms with E-state index in [1.165, 1.54) is 6.20 Å². The second-order valence-electron chi connectivity index (χ2n) is 4.45. The van der Waals surface area contributed by atoms with Crippen molar-refractivity contribution in [3.63, 3.8) is 0 Å². The molecule has 0 aliphatic heterocycles. The normalized spacial score (nSPS) is 10.9. The number of benzene rings is 1. The van der Waals surface area contributed by atoms with E-state index in [0.29, 0.717) is 5.82 Å². The molecule has 0 amide bonds. The molecule has 0 saturated heterocycles. The van der Waals surface area contributed by atoms with E-state index in [9.17, 15) is 4.79 Å². The highest BCUT2D eigenvalue weighted by molar-refractivity contribution is 5.93. The third-order valence-corrected chi connectivity index (χ3v) is 2.81. The number of rotatable bonds is 5. The summed E-state index contributed by atoms with van der Waals surface area (Å²) in [5, 5.41) is 16.3. The maximum absolute atomic E-state index is 11.6. The molecule has 2 rings (SSSR count). The third-order valence-electron chi connectivity index (χ3n) is 2.81. The van der Waals surface area contributed by atoms with Crippen molar-refractivity contribution in [2.45, 2.75) is 13.8 Å². The number of nitriles is 1. The highest BCUT2D eigenvalue weighted by atomic mass is 16.5. The fraction of sp³-hybridized carbons (Fsp3) is 0.188. The molecule has 1 heterocycles. The molecule has 0 fully saturated rings. The molecule has 6 nitrogen and oxygen atoms in total. The van der Waals surface area contributed by atoms with E-state index in [1.54, 1.807) is 11.6 Å². The van der Waals surface area contributed by atoms with Crippen LogP contribution < -0.4 is 5.32 Å². The Morgan fingerprint density at radius 3 is 2.82 bits per heavy atom. The molecule has 1 aromatic heterocycles. The van der Waals surface area contributed by atoms with Gasteiger partial charge >= 0.3 is 5.97 Å². The van der Waals surface area contributed by atoms with Gasteiger partial charge in [-0.15, -0.1) is 0 Å². The molecule has 0 unspecified atom stereocenters. The molecule has 1 aromatic carbocycles. The van der Waals surface area contributed by atoms with Crippen molar-refractivity contribution >= 4 is 11.8 Å². The van der Waals surface area contributed by atoms with Crippen LogP contribution in [0.15, 0.2) is 48.2 Å². The highest BCUT2D eigenvalue weighted by Gasteiger charge is 2.11. The van der Waals surface area contributed by atoms with Crippen molar-refractivity contribution in [3.05, 3.63) is 53.9 Å². The predicted molar refractivity (Wildman–Crippen MR) is 82.3 cm³/mol. The minimum atomic E-state index is -0.653. The molecule has 112 valence electrons. The Bertz CT molecular complexity index is 726. The smallest absolute Gasteiger partial charge is 0.350 e. The van der Waals surface area contributed by atoms with Crippen LogP contribution in [0.5, 0.6) is 0 Å². The van der Waals surface area contributed by atoms with Gasteiger partial charge in [-0.1, -0.05) is 18.2 Å². The monoisotopic (exact) mass is 296 g/mol. The molecule has 1 N–H and O–H groups in total. The second kappa shape index (κ2) is 7.09. The van der Waals surface area contributed by atoms with Crippen molar-refractivity contribution in [2.24, 2.45) is 0 Å². The molecule has 0 aliphatic rings. The van der Waals surface area contributed by atoms with Crippen LogP contribution in [-0.2, 0) is 9.53 Å². The summed E-state index contributed by atoms with van der Waals surface area (Å²) < 4.78 is 6.51. The molecular formula is C16H16N4O2. The first-order valence-electron chi connectivity index (χ1n) is 6.81. The van der Waals surface area contributed by atoms with E-state index in [-0.39, 0.29) is 12.2 Å². The number of aryl methyl sites for hydroxylation is 1. The van der Waals surface area contributed by atoms with Gasteiger partial charge in [0.2, 0.25) is 0 Å².